The van der Waals surface area contributed by atoms with E-state index in [2.05, 4.69) is 17.6 Å². The molecule has 0 aromatic carbocycles. The molecule has 2 fully saturated rings. The van der Waals surface area contributed by atoms with Gasteiger partial charge in [-0.25, -0.2) is 0 Å². The molecule has 2 aliphatic rings. The fourth-order valence-corrected chi connectivity index (χ4v) is 3.87. The number of hydrogen-bond acceptors (Lipinski definition) is 3. The molecule has 2 aliphatic heterocycles. The van der Waals surface area contributed by atoms with Crippen LogP contribution < -0.4 is 10.6 Å². The fourth-order valence-electron chi connectivity index (χ4n) is 3.87. The van der Waals surface area contributed by atoms with Crippen LogP contribution in [0.3, 0.4) is 0 Å². The Bertz CT molecular complexity index is 372. The van der Waals surface area contributed by atoms with Gasteiger partial charge >= 0.3 is 0 Å². The number of nitrogens with one attached hydrogen (secondary N) is 2. The van der Waals surface area contributed by atoms with Gasteiger partial charge in [-0.15, -0.1) is 0 Å². The SMILES string of the molecule is CCCC1(C(=O)N2CCCCC2C(=O)NC)CCNCC1. The molecular formula is C16H29N3O2. The Morgan fingerprint density at radius 2 is 2.00 bits per heavy atom. The fraction of sp³-hybridized carbons (Fsp3) is 0.875. The zero-order valence-corrected chi connectivity index (χ0v) is 13.4. The highest BCUT2D eigenvalue weighted by Crippen LogP contribution is 2.37. The summed E-state index contributed by atoms with van der Waals surface area (Å²) >= 11 is 0. The minimum atomic E-state index is -0.264. The van der Waals surface area contributed by atoms with E-state index in [0.717, 1.165) is 64.6 Å². The highest BCUT2D eigenvalue weighted by Gasteiger charge is 2.44. The molecule has 1 atom stereocenters. The molecule has 1 unspecified atom stereocenters. The van der Waals surface area contributed by atoms with Crippen LogP contribution in [0.1, 0.15) is 51.9 Å². The second-order valence-corrected chi connectivity index (χ2v) is 6.40. The smallest absolute Gasteiger partial charge is 0.242 e. The number of carbonyl (C=O) groups excluding carboxylic acids is 2. The van der Waals surface area contributed by atoms with Crippen LogP contribution in [0.25, 0.3) is 0 Å². The van der Waals surface area contributed by atoms with Crippen molar-refractivity contribution in [3.05, 3.63) is 0 Å². The summed E-state index contributed by atoms with van der Waals surface area (Å²) in [5.74, 6) is 0.211. The standard InChI is InChI=1S/C16H29N3O2/c1-3-7-16(8-10-18-11-9-16)15(21)19-12-5-4-6-13(19)14(20)17-2/h13,18H,3-12H2,1-2H3,(H,17,20). The van der Waals surface area contributed by atoms with Crippen molar-refractivity contribution in [3.63, 3.8) is 0 Å². The number of piperidine rings is 2. The summed E-state index contributed by atoms with van der Waals surface area (Å²) in [4.78, 5) is 27.2. The molecule has 0 aromatic heterocycles. The average molecular weight is 295 g/mol. The first kappa shape index (κ1) is 16.3. The number of likely N-dealkylation sites (N-methyl/N-ethyl adjacent to an activating group) is 1. The predicted molar refractivity (Wildman–Crippen MR) is 82.9 cm³/mol. The Morgan fingerprint density at radius 3 is 2.62 bits per heavy atom. The maximum Gasteiger partial charge on any atom is 0.242 e. The van der Waals surface area contributed by atoms with E-state index in [9.17, 15) is 9.59 Å². The summed E-state index contributed by atoms with van der Waals surface area (Å²) in [6, 6.07) is -0.264. The van der Waals surface area contributed by atoms with E-state index in [-0.39, 0.29) is 23.3 Å². The van der Waals surface area contributed by atoms with Gasteiger partial charge in [0.1, 0.15) is 6.04 Å². The minimum Gasteiger partial charge on any atom is -0.357 e. The van der Waals surface area contributed by atoms with Crippen molar-refractivity contribution < 1.29 is 9.59 Å². The minimum absolute atomic E-state index is 0.0105. The molecule has 0 aromatic rings. The number of amides is 2. The molecule has 2 saturated heterocycles. The third-order valence-electron chi connectivity index (χ3n) is 5.06. The summed E-state index contributed by atoms with van der Waals surface area (Å²) < 4.78 is 0. The third kappa shape index (κ3) is 3.39. The topological polar surface area (TPSA) is 61.4 Å². The van der Waals surface area contributed by atoms with Crippen molar-refractivity contribution >= 4 is 11.8 Å². The lowest BCUT2D eigenvalue weighted by molar-refractivity contribution is -0.152. The van der Waals surface area contributed by atoms with Crippen molar-refractivity contribution in [3.8, 4) is 0 Å². The highest BCUT2D eigenvalue weighted by atomic mass is 16.2. The molecule has 0 aliphatic carbocycles. The van der Waals surface area contributed by atoms with Crippen LogP contribution in [-0.4, -0.2) is 49.4 Å². The van der Waals surface area contributed by atoms with E-state index in [1.54, 1.807) is 7.05 Å². The summed E-state index contributed by atoms with van der Waals surface area (Å²) in [5, 5.41) is 6.07. The Balaban J connectivity index is 2.19. The number of nitrogens with zero attached hydrogens (tertiary/aromatic N) is 1. The molecule has 0 radical (unpaired) electrons. The first-order chi connectivity index (χ1) is 10.1. The lowest BCUT2D eigenvalue weighted by atomic mass is 9.73. The largest absolute Gasteiger partial charge is 0.357 e. The van der Waals surface area contributed by atoms with Crippen LogP contribution >= 0.6 is 0 Å². The van der Waals surface area contributed by atoms with Gasteiger partial charge in [0, 0.05) is 13.6 Å². The van der Waals surface area contributed by atoms with Crippen LogP contribution in [-0.2, 0) is 9.59 Å². The van der Waals surface area contributed by atoms with Crippen LogP contribution in [0.15, 0.2) is 0 Å². The van der Waals surface area contributed by atoms with Crippen molar-refractivity contribution in [2.24, 2.45) is 5.41 Å². The van der Waals surface area contributed by atoms with Gasteiger partial charge in [-0.1, -0.05) is 13.3 Å². The second kappa shape index (κ2) is 7.25. The van der Waals surface area contributed by atoms with Gasteiger partial charge in [0.25, 0.3) is 0 Å². The predicted octanol–water partition coefficient (Wildman–Crippen LogP) is 1.28. The molecule has 0 spiro atoms. The third-order valence-corrected chi connectivity index (χ3v) is 5.06. The number of likely N-dealkylation sites (tertiary alicyclic amines) is 1. The molecule has 2 N–H and O–H groups in total. The molecule has 5 nitrogen and oxygen atoms in total. The quantitative estimate of drug-likeness (QED) is 0.821. The van der Waals surface area contributed by atoms with Crippen LogP contribution in [0, 0.1) is 5.41 Å². The lowest BCUT2D eigenvalue weighted by Crippen LogP contribution is -2.57. The molecule has 2 amide bonds. The normalized spacial score (nSPS) is 25.4. The Kier molecular flexibility index (Phi) is 5.62. The van der Waals surface area contributed by atoms with E-state index in [4.69, 9.17) is 0 Å². The number of hydrogen-bond donors (Lipinski definition) is 2. The zero-order chi connectivity index (χ0) is 15.3. The van der Waals surface area contributed by atoms with Gasteiger partial charge in [-0.3, -0.25) is 9.59 Å². The number of carbonyl (C=O) groups is 2. The molecule has 5 heteroatoms. The average Bonchev–Trinajstić information content (AvgIpc) is 2.54. The molecule has 0 bridgehead atoms. The molecule has 21 heavy (non-hydrogen) atoms. The summed E-state index contributed by atoms with van der Waals surface area (Å²) in [7, 11) is 1.66. The van der Waals surface area contributed by atoms with Gasteiger partial charge < -0.3 is 15.5 Å². The van der Waals surface area contributed by atoms with Crippen molar-refractivity contribution in [2.45, 2.75) is 57.9 Å². The van der Waals surface area contributed by atoms with Crippen LogP contribution in [0.4, 0.5) is 0 Å². The number of rotatable bonds is 4. The Labute approximate surface area is 127 Å². The highest BCUT2D eigenvalue weighted by molar-refractivity contribution is 5.90. The van der Waals surface area contributed by atoms with Gasteiger partial charge in [-0.2, -0.15) is 0 Å². The summed E-state index contributed by atoms with van der Waals surface area (Å²) in [5.41, 5.74) is -0.246. The van der Waals surface area contributed by atoms with E-state index < -0.39 is 0 Å². The van der Waals surface area contributed by atoms with Crippen LogP contribution in [0.5, 0.6) is 0 Å². The molecule has 2 rings (SSSR count). The van der Waals surface area contributed by atoms with Gasteiger partial charge in [0.05, 0.1) is 5.41 Å². The summed E-state index contributed by atoms with van der Waals surface area (Å²) in [6.07, 6.45) is 6.59. The van der Waals surface area contributed by atoms with Crippen molar-refractivity contribution in [1.29, 1.82) is 0 Å². The van der Waals surface area contributed by atoms with E-state index >= 15 is 0 Å². The molecule has 2 heterocycles. The first-order valence-electron chi connectivity index (χ1n) is 8.38. The first-order valence-corrected chi connectivity index (χ1v) is 8.38. The monoisotopic (exact) mass is 295 g/mol. The lowest BCUT2D eigenvalue weighted by Gasteiger charge is -2.44. The van der Waals surface area contributed by atoms with E-state index in [1.807, 2.05) is 4.90 Å². The Morgan fingerprint density at radius 1 is 1.29 bits per heavy atom. The molecule has 120 valence electrons. The van der Waals surface area contributed by atoms with Crippen molar-refractivity contribution in [1.82, 2.24) is 15.5 Å². The van der Waals surface area contributed by atoms with Gasteiger partial charge in [-0.05, 0) is 51.6 Å². The Hall–Kier alpha value is -1.10. The van der Waals surface area contributed by atoms with Crippen LogP contribution in [0.2, 0.25) is 0 Å². The maximum atomic E-state index is 13.2. The van der Waals surface area contributed by atoms with Gasteiger partial charge in [0.2, 0.25) is 11.8 Å². The van der Waals surface area contributed by atoms with E-state index in [1.165, 1.54) is 0 Å². The van der Waals surface area contributed by atoms with Gasteiger partial charge in [0.15, 0.2) is 0 Å². The molecular weight excluding hydrogens is 266 g/mol. The summed E-state index contributed by atoms with van der Waals surface area (Å²) in [6.45, 7) is 4.69. The molecule has 0 saturated carbocycles. The van der Waals surface area contributed by atoms with Crippen molar-refractivity contribution in [2.75, 3.05) is 26.7 Å². The van der Waals surface area contributed by atoms with E-state index in [0.29, 0.717) is 0 Å². The maximum absolute atomic E-state index is 13.2. The zero-order valence-electron chi connectivity index (χ0n) is 13.4. The second-order valence-electron chi connectivity index (χ2n) is 6.40.